The van der Waals surface area contributed by atoms with E-state index in [9.17, 15) is 23.1 Å². The molecule has 17 heavy (non-hydrogen) atoms. The van der Waals surface area contributed by atoms with E-state index in [2.05, 4.69) is 10.1 Å². The fourth-order valence-corrected chi connectivity index (χ4v) is 1.01. The lowest BCUT2D eigenvalue weighted by Crippen LogP contribution is -2.37. The number of alkyl halides is 3. The average molecular weight is 257 g/mol. The first-order valence-corrected chi connectivity index (χ1v) is 5.40. The van der Waals surface area contributed by atoms with E-state index in [1.807, 2.05) is 0 Å². The summed E-state index contributed by atoms with van der Waals surface area (Å²) in [5.74, 6) is -0.613. The van der Waals surface area contributed by atoms with E-state index < -0.39 is 30.9 Å². The number of rotatable bonds is 7. The summed E-state index contributed by atoms with van der Waals surface area (Å²) in [7, 11) is 0. The predicted molar refractivity (Wildman–Crippen MR) is 55.4 cm³/mol. The van der Waals surface area contributed by atoms with Gasteiger partial charge in [0, 0.05) is 6.54 Å². The molecule has 0 radical (unpaired) electrons. The van der Waals surface area contributed by atoms with Crippen LogP contribution in [-0.4, -0.2) is 42.5 Å². The van der Waals surface area contributed by atoms with Crippen molar-refractivity contribution in [3.63, 3.8) is 0 Å². The van der Waals surface area contributed by atoms with E-state index in [1.165, 1.54) is 6.92 Å². The summed E-state index contributed by atoms with van der Waals surface area (Å²) >= 11 is 0. The number of carbonyl (C=O) groups excluding carboxylic acids is 1. The molecule has 0 aromatic rings. The Hall–Kier alpha value is -0.820. The molecule has 4 nitrogen and oxygen atoms in total. The normalized spacial score (nSPS) is 15.4. The molecule has 2 unspecified atom stereocenters. The van der Waals surface area contributed by atoms with E-state index in [-0.39, 0.29) is 6.54 Å². The lowest BCUT2D eigenvalue weighted by molar-refractivity contribution is -0.185. The van der Waals surface area contributed by atoms with Gasteiger partial charge in [0.05, 0.1) is 6.10 Å². The zero-order valence-electron chi connectivity index (χ0n) is 9.88. The lowest BCUT2D eigenvalue weighted by atomic mass is 10.2. The molecule has 0 heterocycles. The molecule has 0 spiro atoms. The Morgan fingerprint density at radius 1 is 1.47 bits per heavy atom. The van der Waals surface area contributed by atoms with Crippen molar-refractivity contribution in [2.75, 3.05) is 13.2 Å². The number of carbonyl (C=O) groups is 1. The highest BCUT2D eigenvalue weighted by atomic mass is 19.4. The Labute approximate surface area is 98.1 Å². The van der Waals surface area contributed by atoms with Gasteiger partial charge in [0.1, 0.15) is 12.7 Å². The van der Waals surface area contributed by atoms with Crippen LogP contribution in [0.3, 0.4) is 0 Å². The first kappa shape index (κ1) is 16.2. The monoisotopic (exact) mass is 257 g/mol. The highest BCUT2D eigenvalue weighted by Crippen LogP contribution is 2.15. The van der Waals surface area contributed by atoms with Gasteiger partial charge in [0.2, 0.25) is 5.91 Å². The number of ether oxygens (including phenoxy) is 1. The Morgan fingerprint density at radius 3 is 2.53 bits per heavy atom. The van der Waals surface area contributed by atoms with E-state index in [0.29, 0.717) is 12.8 Å². The molecule has 0 aromatic carbocycles. The summed E-state index contributed by atoms with van der Waals surface area (Å²) in [5, 5.41) is 11.6. The number of nitrogens with one attached hydrogen (secondary N) is 1. The minimum absolute atomic E-state index is 0.216. The maximum Gasteiger partial charge on any atom is 0.411 e. The van der Waals surface area contributed by atoms with Crippen molar-refractivity contribution in [1.29, 1.82) is 0 Å². The second kappa shape index (κ2) is 7.50. The second-order valence-corrected chi connectivity index (χ2v) is 3.71. The molecule has 0 aromatic heterocycles. The molecule has 0 aliphatic heterocycles. The number of hydrogen-bond acceptors (Lipinski definition) is 3. The largest absolute Gasteiger partial charge is 0.411 e. The Balaban J connectivity index is 3.75. The third-order valence-electron chi connectivity index (χ3n) is 2.11. The zero-order valence-corrected chi connectivity index (χ0v) is 9.88. The quantitative estimate of drug-likeness (QED) is 0.721. The highest BCUT2D eigenvalue weighted by molar-refractivity contribution is 5.80. The second-order valence-electron chi connectivity index (χ2n) is 3.71. The summed E-state index contributed by atoms with van der Waals surface area (Å²) in [4.78, 5) is 11.2. The maximum absolute atomic E-state index is 11.8. The Kier molecular flexibility index (Phi) is 7.13. The Morgan fingerprint density at radius 2 is 2.06 bits per heavy atom. The van der Waals surface area contributed by atoms with E-state index in [4.69, 9.17) is 0 Å². The molecule has 2 N–H and O–H groups in total. The molecular weight excluding hydrogens is 239 g/mol. The van der Waals surface area contributed by atoms with Crippen LogP contribution in [0.15, 0.2) is 0 Å². The molecule has 1 amide bonds. The number of amides is 1. The minimum atomic E-state index is -4.44. The van der Waals surface area contributed by atoms with Crippen molar-refractivity contribution < 1.29 is 27.8 Å². The number of aliphatic hydroxyl groups excluding tert-OH is 1. The molecule has 2 atom stereocenters. The number of aliphatic hydroxyl groups is 1. The zero-order chi connectivity index (χ0) is 13.5. The van der Waals surface area contributed by atoms with Gasteiger partial charge in [-0.25, -0.2) is 0 Å². The summed E-state index contributed by atoms with van der Waals surface area (Å²) < 4.78 is 39.7. The van der Waals surface area contributed by atoms with Crippen molar-refractivity contribution in [3.05, 3.63) is 0 Å². The van der Waals surface area contributed by atoms with Gasteiger partial charge in [0.25, 0.3) is 0 Å². The SMILES string of the molecule is CCC(O)CCNC(=O)C(C)OCC(F)(F)F. The smallest absolute Gasteiger partial charge is 0.393 e. The predicted octanol–water partition coefficient (Wildman–Crippen LogP) is 1.23. The fraction of sp³-hybridized carbons (Fsp3) is 0.900. The van der Waals surface area contributed by atoms with Crippen molar-refractivity contribution in [2.24, 2.45) is 0 Å². The van der Waals surface area contributed by atoms with Gasteiger partial charge in [-0.2, -0.15) is 13.2 Å². The average Bonchev–Trinajstić information content (AvgIpc) is 2.24. The third kappa shape index (κ3) is 8.93. The standard InChI is InChI=1S/C10H18F3NO3/c1-3-8(15)4-5-14-9(16)7(2)17-6-10(11,12)13/h7-8,15H,3-6H2,1-2H3,(H,14,16). The molecule has 0 aliphatic rings. The molecule has 0 rings (SSSR count). The molecule has 0 aliphatic carbocycles. The van der Waals surface area contributed by atoms with Crippen LogP contribution in [0.5, 0.6) is 0 Å². The number of hydrogen-bond donors (Lipinski definition) is 2. The van der Waals surface area contributed by atoms with Crippen LogP contribution < -0.4 is 5.32 Å². The van der Waals surface area contributed by atoms with Gasteiger partial charge in [-0.1, -0.05) is 6.92 Å². The first-order chi connectivity index (χ1) is 7.76. The van der Waals surface area contributed by atoms with Gasteiger partial charge in [-0.3, -0.25) is 4.79 Å². The van der Waals surface area contributed by atoms with E-state index in [1.54, 1.807) is 6.92 Å². The molecule has 102 valence electrons. The van der Waals surface area contributed by atoms with E-state index in [0.717, 1.165) is 0 Å². The van der Waals surface area contributed by atoms with Crippen LogP contribution in [0.1, 0.15) is 26.7 Å². The van der Waals surface area contributed by atoms with Crippen LogP contribution >= 0.6 is 0 Å². The van der Waals surface area contributed by atoms with Crippen LogP contribution in [0, 0.1) is 0 Å². The summed E-state index contributed by atoms with van der Waals surface area (Å²) in [6.07, 6.45) is -5.17. The molecule has 0 fully saturated rings. The van der Waals surface area contributed by atoms with E-state index >= 15 is 0 Å². The van der Waals surface area contributed by atoms with Crippen molar-refractivity contribution in [2.45, 2.75) is 45.1 Å². The Bertz CT molecular complexity index is 233. The van der Waals surface area contributed by atoms with Crippen LogP contribution in [0.4, 0.5) is 13.2 Å². The van der Waals surface area contributed by atoms with Crippen molar-refractivity contribution >= 4 is 5.91 Å². The van der Waals surface area contributed by atoms with Gasteiger partial charge in [0.15, 0.2) is 0 Å². The van der Waals surface area contributed by atoms with Crippen molar-refractivity contribution in [1.82, 2.24) is 5.32 Å². The summed E-state index contributed by atoms with van der Waals surface area (Å²) in [5.41, 5.74) is 0. The summed E-state index contributed by atoms with van der Waals surface area (Å²) in [6.45, 7) is 1.81. The molecule has 0 saturated carbocycles. The van der Waals surface area contributed by atoms with Gasteiger partial charge in [-0.05, 0) is 19.8 Å². The van der Waals surface area contributed by atoms with Crippen LogP contribution in [-0.2, 0) is 9.53 Å². The van der Waals surface area contributed by atoms with Crippen molar-refractivity contribution in [3.8, 4) is 0 Å². The molecule has 0 bridgehead atoms. The number of halogens is 3. The van der Waals surface area contributed by atoms with Gasteiger partial charge >= 0.3 is 6.18 Å². The minimum Gasteiger partial charge on any atom is -0.393 e. The topological polar surface area (TPSA) is 58.6 Å². The van der Waals surface area contributed by atoms with Gasteiger partial charge in [-0.15, -0.1) is 0 Å². The molecule has 7 heteroatoms. The third-order valence-corrected chi connectivity index (χ3v) is 2.11. The van der Waals surface area contributed by atoms with Crippen LogP contribution in [0.2, 0.25) is 0 Å². The first-order valence-electron chi connectivity index (χ1n) is 5.40. The summed E-state index contributed by atoms with van der Waals surface area (Å²) in [6, 6.07) is 0. The maximum atomic E-state index is 11.8. The lowest BCUT2D eigenvalue weighted by Gasteiger charge is -2.15. The molecular formula is C10H18F3NO3. The van der Waals surface area contributed by atoms with Gasteiger partial charge < -0.3 is 15.2 Å². The fourth-order valence-electron chi connectivity index (χ4n) is 1.01. The van der Waals surface area contributed by atoms with Crippen LogP contribution in [0.25, 0.3) is 0 Å². The molecule has 0 saturated heterocycles. The highest BCUT2D eigenvalue weighted by Gasteiger charge is 2.29.